The van der Waals surface area contributed by atoms with Crippen LogP contribution in [-0.4, -0.2) is 18.1 Å². The number of fused-ring (bicyclic) bond motifs is 2. The Labute approximate surface area is 84.1 Å². The molecule has 0 amide bonds. The van der Waals surface area contributed by atoms with E-state index in [1.165, 1.54) is 19.3 Å². The van der Waals surface area contributed by atoms with E-state index in [-0.39, 0.29) is 18.4 Å². The SMILES string of the molecule is Cl.[N-]=[N+]=NC1CC2CCCC(C1)N2. The van der Waals surface area contributed by atoms with Gasteiger partial charge in [0.1, 0.15) is 0 Å². The summed E-state index contributed by atoms with van der Waals surface area (Å²) in [5, 5.41) is 7.36. The van der Waals surface area contributed by atoms with Gasteiger partial charge in [-0.3, -0.25) is 0 Å². The van der Waals surface area contributed by atoms with E-state index in [2.05, 4.69) is 15.3 Å². The average molecular weight is 203 g/mol. The van der Waals surface area contributed by atoms with E-state index >= 15 is 0 Å². The molecule has 2 aliphatic rings. The van der Waals surface area contributed by atoms with Crippen molar-refractivity contribution in [3.05, 3.63) is 10.4 Å². The lowest BCUT2D eigenvalue weighted by Gasteiger charge is -2.38. The quantitative estimate of drug-likeness (QED) is 0.396. The van der Waals surface area contributed by atoms with Crippen LogP contribution >= 0.6 is 12.4 Å². The number of nitrogens with one attached hydrogen (secondary N) is 1. The highest BCUT2D eigenvalue weighted by Gasteiger charge is 2.30. The lowest BCUT2D eigenvalue weighted by atomic mass is 9.84. The molecule has 2 saturated heterocycles. The van der Waals surface area contributed by atoms with Crippen molar-refractivity contribution in [2.75, 3.05) is 0 Å². The third-order valence-electron chi connectivity index (χ3n) is 2.90. The van der Waals surface area contributed by atoms with Crippen molar-refractivity contribution in [2.45, 2.75) is 50.2 Å². The molecule has 74 valence electrons. The molecule has 2 heterocycles. The Morgan fingerprint density at radius 1 is 1.23 bits per heavy atom. The van der Waals surface area contributed by atoms with Crippen molar-refractivity contribution in [3.63, 3.8) is 0 Å². The smallest absolute Gasteiger partial charge is 0.0403 e. The molecule has 0 aromatic heterocycles. The number of halogens is 1. The minimum Gasteiger partial charge on any atom is -0.311 e. The maximum Gasteiger partial charge on any atom is 0.0403 e. The fourth-order valence-electron chi connectivity index (χ4n) is 2.40. The minimum atomic E-state index is 0. The van der Waals surface area contributed by atoms with Crippen LogP contribution in [0.2, 0.25) is 0 Å². The van der Waals surface area contributed by atoms with E-state index < -0.39 is 0 Å². The Morgan fingerprint density at radius 2 is 1.85 bits per heavy atom. The largest absolute Gasteiger partial charge is 0.311 e. The normalized spacial score (nSPS) is 37.1. The van der Waals surface area contributed by atoms with E-state index in [1.807, 2.05) is 0 Å². The maximum absolute atomic E-state index is 8.32. The Morgan fingerprint density at radius 3 is 2.38 bits per heavy atom. The number of hydrogen-bond acceptors (Lipinski definition) is 2. The monoisotopic (exact) mass is 202 g/mol. The Kier molecular flexibility index (Phi) is 3.85. The van der Waals surface area contributed by atoms with Gasteiger partial charge in [-0.2, -0.15) is 0 Å². The second-order valence-corrected chi connectivity index (χ2v) is 3.82. The molecule has 5 heteroatoms. The second-order valence-electron chi connectivity index (χ2n) is 3.82. The van der Waals surface area contributed by atoms with Crippen LogP contribution in [0.4, 0.5) is 0 Å². The van der Waals surface area contributed by atoms with E-state index in [4.69, 9.17) is 5.53 Å². The number of nitrogens with zero attached hydrogens (tertiary/aromatic N) is 3. The van der Waals surface area contributed by atoms with Crippen molar-refractivity contribution in [2.24, 2.45) is 5.11 Å². The Balaban J connectivity index is 0.000000845. The highest BCUT2D eigenvalue weighted by atomic mass is 35.5. The van der Waals surface area contributed by atoms with E-state index in [9.17, 15) is 0 Å². The minimum absolute atomic E-state index is 0. The van der Waals surface area contributed by atoms with Gasteiger partial charge in [-0.25, -0.2) is 0 Å². The average Bonchev–Trinajstić information content (AvgIpc) is 2.04. The van der Waals surface area contributed by atoms with Gasteiger partial charge >= 0.3 is 0 Å². The van der Waals surface area contributed by atoms with Crippen LogP contribution in [0.3, 0.4) is 0 Å². The van der Waals surface area contributed by atoms with Crippen LogP contribution in [0, 0.1) is 0 Å². The zero-order chi connectivity index (χ0) is 8.39. The first-order valence-electron chi connectivity index (χ1n) is 4.69. The van der Waals surface area contributed by atoms with E-state index in [1.54, 1.807) is 0 Å². The van der Waals surface area contributed by atoms with Gasteiger partial charge in [0.15, 0.2) is 0 Å². The number of hydrogen-bond donors (Lipinski definition) is 1. The molecule has 2 rings (SSSR count). The molecule has 1 N–H and O–H groups in total. The van der Waals surface area contributed by atoms with Gasteiger partial charge in [0.2, 0.25) is 0 Å². The first-order chi connectivity index (χ1) is 5.88. The molecule has 13 heavy (non-hydrogen) atoms. The zero-order valence-corrected chi connectivity index (χ0v) is 8.33. The molecule has 2 fully saturated rings. The Bertz CT molecular complexity index is 202. The Hall–Kier alpha value is -0.440. The summed E-state index contributed by atoms with van der Waals surface area (Å²) in [6.07, 6.45) is 5.94. The van der Waals surface area contributed by atoms with E-state index in [0.29, 0.717) is 12.1 Å². The lowest BCUT2D eigenvalue weighted by Crippen LogP contribution is -2.49. The lowest BCUT2D eigenvalue weighted by molar-refractivity contribution is 0.222. The molecule has 2 bridgehead atoms. The molecular weight excluding hydrogens is 188 g/mol. The van der Waals surface area contributed by atoms with Crippen LogP contribution in [0.25, 0.3) is 10.4 Å². The molecular formula is C8H15ClN4. The summed E-state index contributed by atoms with van der Waals surface area (Å²) in [5.74, 6) is 0. The summed E-state index contributed by atoms with van der Waals surface area (Å²) in [7, 11) is 0. The number of rotatable bonds is 1. The van der Waals surface area contributed by atoms with Gasteiger partial charge in [-0.15, -0.1) is 12.4 Å². The van der Waals surface area contributed by atoms with Crippen molar-refractivity contribution in [1.82, 2.24) is 5.32 Å². The molecule has 2 atom stereocenters. The summed E-state index contributed by atoms with van der Waals surface area (Å²) in [4.78, 5) is 2.88. The summed E-state index contributed by atoms with van der Waals surface area (Å²) < 4.78 is 0. The van der Waals surface area contributed by atoms with Crippen molar-refractivity contribution >= 4 is 12.4 Å². The van der Waals surface area contributed by atoms with Crippen molar-refractivity contribution < 1.29 is 0 Å². The summed E-state index contributed by atoms with van der Waals surface area (Å²) >= 11 is 0. The third-order valence-corrected chi connectivity index (χ3v) is 2.90. The standard InChI is InChI=1S/C8H14N4.ClH/c9-12-11-8-4-6-2-1-3-7(5-8)10-6;/h6-8,10H,1-5H2;1H. The van der Waals surface area contributed by atoms with E-state index in [0.717, 1.165) is 12.8 Å². The van der Waals surface area contributed by atoms with Crippen LogP contribution in [0.1, 0.15) is 32.1 Å². The van der Waals surface area contributed by atoms with Crippen LogP contribution in [-0.2, 0) is 0 Å². The number of azide groups is 1. The number of piperidine rings is 2. The first kappa shape index (κ1) is 10.6. The van der Waals surface area contributed by atoms with Gasteiger partial charge in [-0.05, 0) is 31.2 Å². The maximum atomic E-state index is 8.32. The predicted molar refractivity (Wildman–Crippen MR) is 54.0 cm³/mol. The van der Waals surface area contributed by atoms with Gasteiger partial charge in [0.25, 0.3) is 0 Å². The fourth-order valence-corrected chi connectivity index (χ4v) is 2.40. The van der Waals surface area contributed by atoms with Crippen molar-refractivity contribution in [3.8, 4) is 0 Å². The molecule has 0 radical (unpaired) electrons. The molecule has 0 aliphatic carbocycles. The molecule has 0 spiro atoms. The van der Waals surface area contributed by atoms with Crippen LogP contribution in [0.5, 0.6) is 0 Å². The summed E-state index contributed by atoms with van der Waals surface area (Å²) in [6.45, 7) is 0. The second kappa shape index (κ2) is 4.70. The molecule has 4 nitrogen and oxygen atoms in total. The molecule has 0 saturated carbocycles. The predicted octanol–water partition coefficient (Wildman–Crippen LogP) is 2.39. The molecule has 2 unspecified atom stereocenters. The first-order valence-corrected chi connectivity index (χ1v) is 4.69. The molecule has 0 aromatic carbocycles. The van der Waals surface area contributed by atoms with Crippen LogP contribution < -0.4 is 5.32 Å². The van der Waals surface area contributed by atoms with Gasteiger partial charge in [0, 0.05) is 23.0 Å². The van der Waals surface area contributed by atoms with Gasteiger partial charge < -0.3 is 5.32 Å². The third kappa shape index (κ3) is 2.50. The summed E-state index contributed by atoms with van der Waals surface area (Å²) in [5.41, 5.74) is 8.32. The highest BCUT2D eigenvalue weighted by molar-refractivity contribution is 5.85. The zero-order valence-electron chi connectivity index (χ0n) is 7.52. The van der Waals surface area contributed by atoms with Gasteiger partial charge in [-0.1, -0.05) is 11.5 Å². The van der Waals surface area contributed by atoms with Crippen molar-refractivity contribution in [1.29, 1.82) is 0 Å². The highest BCUT2D eigenvalue weighted by Crippen LogP contribution is 2.27. The van der Waals surface area contributed by atoms with Gasteiger partial charge in [0.05, 0.1) is 0 Å². The fraction of sp³-hybridized carbons (Fsp3) is 1.00. The molecule has 0 aromatic rings. The topological polar surface area (TPSA) is 60.8 Å². The summed E-state index contributed by atoms with van der Waals surface area (Å²) in [6, 6.07) is 1.49. The molecule has 2 aliphatic heterocycles. The van der Waals surface area contributed by atoms with Crippen LogP contribution in [0.15, 0.2) is 5.11 Å².